The number of carbonyl (C=O) groups excluding carboxylic acids is 2. The lowest BCUT2D eigenvalue weighted by Crippen LogP contribution is -2.49. The molecule has 5 rings (SSSR count). The van der Waals surface area contributed by atoms with Gasteiger partial charge in [0.1, 0.15) is 5.69 Å². The summed E-state index contributed by atoms with van der Waals surface area (Å²) in [6, 6.07) is 3.46. The Morgan fingerprint density at radius 1 is 1.23 bits per heavy atom. The van der Waals surface area contributed by atoms with Crippen LogP contribution < -0.4 is 20.3 Å². The molecule has 2 aliphatic rings. The molecular formula is C28H31ClN4O5S2. The minimum atomic E-state index is -0.985. The number of H-pyrrole nitrogens is 1. The van der Waals surface area contributed by atoms with Crippen LogP contribution in [0.1, 0.15) is 62.4 Å². The van der Waals surface area contributed by atoms with Crippen molar-refractivity contribution in [1.82, 2.24) is 20.2 Å². The number of pyridine rings is 1. The normalized spacial score (nSPS) is 18.7. The van der Waals surface area contributed by atoms with Gasteiger partial charge in [0.15, 0.2) is 11.5 Å². The number of benzene rings is 1. The van der Waals surface area contributed by atoms with Gasteiger partial charge >= 0.3 is 0 Å². The highest BCUT2D eigenvalue weighted by Crippen LogP contribution is 2.51. The Hall–Kier alpha value is -3.02. The fourth-order valence-corrected chi connectivity index (χ4v) is 6.80. The molecule has 1 saturated heterocycles. The minimum absolute atomic E-state index is 0.00657. The molecule has 40 heavy (non-hydrogen) atoms. The molecule has 212 valence electrons. The molecule has 0 aliphatic carbocycles. The first-order valence-corrected chi connectivity index (χ1v) is 15.5. The number of aryl methyl sites for hydroxylation is 2. The topological polar surface area (TPSA) is 114 Å². The molecule has 2 amide bonds. The number of carbonyl (C=O) groups is 2. The fourth-order valence-electron chi connectivity index (χ4n) is 5.28. The second kappa shape index (κ2) is 11.1. The summed E-state index contributed by atoms with van der Waals surface area (Å²) >= 11 is 9.52. The van der Waals surface area contributed by atoms with Crippen LogP contribution in [0.3, 0.4) is 0 Å². The van der Waals surface area contributed by atoms with Crippen molar-refractivity contribution in [3.63, 3.8) is 0 Å². The van der Waals surface area contributed by atoms with Crippen LogP contribution in [-0.2, 0) is 6.54 Å². The van der Waals surface area contributed by atoms with Gasteiger partial charge < -0.3 is 24.7 Å². The van der Waals surface area contributed by atoms with Gasteiger partial charge in [0.05, 0.1) is 10.0 Å². The lowest BCUT2D eigenvalue weighted by atomic mass is 9.89. The first-order valence-electron chi connectivity index (χ1n) is 13.0. The van der Waals surface area contributed by atoms with Crippen LogP contribution in [-0.4, -0.2) is 51.8 Å². The third-order valence-electron chi connectivity index (χ3n) is 7.53. The van der Waals surface area contributed by atoms with Crippen LogP contribution in [0.15, 0.2) is 27.2 Å². The van der Waals surface area contributed by atoms with E-state index >= 15 is 0 Å². The number of thioether (sulfide) groups is 1. The van der Waals surface area contributed by atoms with Gasteiger partial charge in [-0.25, -0.2) is 4.98 Å². The molecule has 4 heterocycles. The summed E-state index contributed by atoms with van der Waals surface area (Å²) in [6.45, 7) is 8.58. The molecule has 0 radical (unpaired) electrons. The first-order chi connectivity index (χ1) is 19.0. The number of amides is 2. The number of ether oxygens (including phenoxy) is 2. The van der Waals surface area contributed by atoms with E-state index < -0.39 is 5.79 Å². The number of nitrogens with zero attached hydrogens (tertiary/aromatic N) is 2. The molecule has 0 unspecified atom stereocenters. The maximum atomic E-state index is 13.2. The van der Waals surface area contributed by atoms with Crippen molar-refractivity contribution in [3.8, 4) is 11.5 Å². The van der Waals surface area contributed by atoms with Gasteiger partial charge in [-0.1, -0.05) is 11.6 Å². The van der Waals surface area contributed by atoms with E-state index in [1.54, 1.807) is 18.4 Å². The van der Waals surface area contributed by atoms with Crippen LogP contribution >= 0.6 is 34.7 Å². The summed E-state index contributed by atoms with van der Waals surface area (Å²) in [6.07, 6.45) is 3.26. The smallest absolute Gasteiger partial charge is 0.273 e. The fraction of sp³-hybridized carbons (Fsp3) is 0.429. The Morgan fingerprint density at radius 3 is 2.58 bits per heavy atom. The van der Waals surface area contributed by atoms with Gasteiger partial charge in [0, 0.05) is 65.1 Å². The minimum Gasteiger partial charge on any atom is -0.448 e. The SMILES string of the molecule is CSc1cc(C)[nH]c(=O)c1CNC(=O)c1cc(Cl)c2c(c1C)O[C@@](C)(C1CCN(C(=O)c3csc(C)n3)CC1)O2. The number of piperidine rings is 1. The summed E-state index contributed by atoms with van der Waals surface area (Å²) in [5, 5.41) is 5.79. The van der Waals surface area contributed by atoms with Crippen molar-refractivity contribution >= 4 is 46.5 Å². The van der Waals surface area contributed by atoms with Crippen LogP contribution in [0, 0.1) is 26.7 Å². The zero-order valence-corrected chi connectivity index (χ0v) is 25.4. The predicted molar refractivity (Wildman–Crippen MR) is 156 cm³/mol. The Bertz CT molecular complexity index is 1550. The van der Waals surface area contributed by atoms with E-state index in [2.05, 4.69) is 15.3 Å². The summed E-state index contributed by atoms with van der Waals surface area (Å²) in [4.78, 5) is 48.3. The molecule has 2 N–H and O–H groups in total. The van der Waals surface area contributed by atoms with E-state index in [0.29, 0.717) is 59.8 Å². The zero-order valence-electron chi connectivity index (χ0n) is 23.0. The van der Waals surface area contributed by atoms with Crippen molar-refractivity contribution < 1.29 is 19.1 Å². The zero-order chi connectivity index (χ0) is 28.8. The predicted octanol–water partition coefficient (Wildman–Crippen LogP) is 5.10. The lowest BCUT2D eigenvalue weighted by Gasteiger charge is -2.38. The van der Waals surface area contributed by atoms with Crippen LogP contribution in [0.25, 0.3) is 0 Å². The van der Waals surface area contributed by atoms with E-state index in [4.69, 9.17) is 21.1 Å². The largest absolute Gasteiger partial charge is 0.448 e. The molecule has 0 spiro atoms. The van der Waals surface area contributed by atoms with E-state index in [1.807, 2.05) is 38.0 Å². The number of rotatable bonds is 6. The maximum Gasteiger partial charge on any atom is 0.273 e. The van der Waals surface area contributed by atoms with Gasteiger partial charge in [0.2, 0.25) is 0 Å². The Morgan fingerprint density at radius 2 is 1.93 bits per heavy atom. The molecule has 2 aliphatic heterocycles. The van der Waals surface area contributed by atoms with Crippen molar-refractivity contribution in [3.05, 3.63) is 66.0 Å². The van der Waals surface area contributed by atoms with Gasteiger partial charge in [-0.15, -0.1) is 23.1 Å². The Kier molecular flexibility index (Phi) is 7.91. The number of nitrogens with one attached hydrogen (secondary N) is 2. The number of aromatic nitrogens is 2. The molecule has 2 aromatic heterocycles. The summed E-state index contributed by atoms with van der Waals surface area (Å²) in [5.74, 6) is -0.552. The van der Waals surface area contributed by atoms with E-state index in [9.17, 15) is 14.4 Å². The standard InChI is InChI=1S/C28H31ClN4O5S2/c1-14-10-22(39-5)19(26(35)31-14)12-30-25(34)18-11-20(29)24-23(15(18)2)37-28(4,38-24)17-6-8-33(9-7-17)27(36)21-13-40-16(3)32-21/h10-11,13,17H,6-9,12H2,1-5H3,(H,30,34)(H,31,35)/t28-/m1/s1. The molecule has 9 nitrogen and oxygen atoms in total. The number of thiazole rings is 1. The highest BCUT2D eigenvalue weighted by atomic mass is 35.5. The number of fused-ring (bicyclic) bond motifs is 1. The number of halogens is 1. The first kappa shape index (κ1) is 28.5. The second-order valence-electron chi connectivity index (χ2n) is 10.2. The third-order valence-corrected chi connectivity index (χ3v) is 9.39. The molecule has 1 atom stereocenters. The average molecular weight is 603 g/mol. The highest BCUT2D eigenvalue weighted by Gasteiger charge is 2.47. The van der Waals surface area contributed by atoms with E-state index in [0.717, 1.165) is 15.6 Å². The summed E-state index contributed by atoms with van der Waals surface area (Å²) in [5.41, 5.74) is 2.48. The van der Waals surface area contributed by atoms with Crippen LogP contribution in [0.5, 0.6) is 11.5 Å². The van der Waals surface area contributed by atoms with Crippen molar-refractivity contribution in [2.45, 2.75) is 57.8 Å². The van der Waals surface area contributed by atoms with Gasteiger partial charge in [0.25, 0.3) is 23.2 Å². The monoisotopic (exact) mass is 602 g/mol. The molecule has 1 fully saturated rings. The van der Waals surface area contributed by atoms with Crippen molar-refractivity contribution in [2.24, 2.45) is 5.92 Å². The number of aromatic amines is 1. The van der Waals surface area contributed by atoms with Crippen LogP contribution in [0.4, 0.5) is 0 Å². The maximum absolute atomic E-state index is 13.2. The molecule has 3 aromatic rings. The molecular weight excluding hydrogens is 572 g/mol. The lowest BCUT2D eigenvalue weighted by molar-refractivity contribution is -0.123. The average Bonchev–Trinajstić information content (AvgIpc) is 3.53. The van der Waals surface area contributed by atoms with Crippen LogP contribution in [0.2, 0.25) is 5.02 Å². The number of hydrogen-bond donors (Lipinski definition) is 2. The van der Waals surface area contributed by atoms with E-state index in [-0.39, 0.29) is 34.9 Å². The third kappa shape index (κ3) is 5.34. The second-order valence-corrected chi connectivity index (χ2v) is 12.6. The summed E-state index contributed by atoms with van der Waals surface area (Å²) < 4.78 is 12.7. The van der Waals surface area contributed by atoms with Gasteiger partial charge in [-0.05, 0) is 52.0 Å². The van der Waals surface area contributed by atoms with Crippen molar-refractivity contribution in [1.29, 1.82) is 0 Å². The number of likely N-dealkylation sites (tertiary alicyclic amines) is 1. The quantitative estimate of drug-likeness (QED) is 0.377. The molecule has 0 bridgehead atoms. The Balaban J connectivity index is 1.28. The van der Waals surface area contributed by atoms with Gasteiger partial charge in [-0.2, -0.15) is 0 Å². The van der Waals surface area contributed by atoms with Gasteiger partial charge in [-0.3, -0.25) is 14.4 Å². The molecule has 1 aromatic carbocycles. The highest BCUT2D eigenvalue weighted by molar-refractivity contribution is 7.98. The molecule has 12 heteroatoms. The summed E-state index contributed by atoms with van der Waals surface area (Å²) in [7, 11) is 0. The Labute approximate surface area is 245 Å². The molecule has 0 saturated carbocycles. The number of hydrogen-bond acceptors (Lipinski definition) is 8. The van der Waals surface area contributed by atoms with Crippen molar-refractivity contribution in [2.75, 3.05) is 19.3 Å². The van der Waals surface area contributed by atoms with E-state index in [1.165, 1.54) is 23.1 Å².